The van der Waals surface area contributed by atoms with E-state index in [1.807, 2.05) is 11.9 Å². The minimum atomic E-state index is -0.635. The molecule has 8 nitrogen and oxygen atoms in total. The van der Waals surface area contributed by atoms with Crippen LogP contribution in [0.3, 0.4) is 0 Å². The molecule has 1 fully saturated rings. The molecular weight excluding hydrogens is 266 g/mol. The normalized spacial score (nSPS) is 22.8. The highest BCUT2D eigenvalue weighted by Crippen LogP contribution is 2.11. The highest BCUT2D eigenvalue weighted by Gasteiger charge is 2.27. The Balaban J connectivity index is 2.07. The molecule has 1 aromatic rings. The van der Waals surface area contributed by atoms with Gasteiger partial charge in [0.25, 0.3) is 5.56 Å². The number of H-pyrrole nitrogens is 2. The van der Waals surface area contributed by atoms with Crippen LogP contribution in [-0.4, -0.2) is 57.8 Å². The van der Waals surface area contributed by atoms with E-state index >= 15 is 0 Å². The van der Waals surface area contributed by atoms with E-state index in [1.165, 1.54) is 6.07 Å². The predicted molar refractivity (Wildman–Crippen MR) is 69.4 cm³/mol. The van der Waals surface area contributed by atoms with Crippen LogP contribution < -0.4 is 11.2 Å². The number of morpholine rings is 1. The van der Waals surface area contributed by atoms with Crippen molar-refractivity contribution in [2.75, 3.05) is 19.7 Å². The van der Waals surface area contributed by atoms with E-state index in [2.05, 4.69) is 4.98 Å². The number of aliphatic hydroxyl groups excluding tert-OH is 1. The Morgan fingerprint density at radius 3 is 2.85 bits per heavy atom. The van der Waals surface area contributed by atoms with E-state index in [4.69, 9.17) is 9.84 Å². The van der Waals surface area contributed by atoms with Crippen LogP contribution in [0.4, 0.5) is 0 Å². The number of hydrogen-bond donors (Lipinski definition) is 3. The summed E-state index contributed by atoms with van der Waals surface area (Å²) in [4.78, 5) is 40.5. The summed E-state index contributed by atoms with van der Waals surface area (Å²) in [5.41, 5.74) is -0.910. The van der Waals surface area contributed by atoms with E-state index in [0.717, 1.165) is 0 Å². The molecule has 0 bridgehead atoms. The fourth-order valence-corrected chi connectivity index (χ4v) is 2.24. The second-order valence-corrected chi connectivity index (χ2v) is 4.84. The molecule has 1 saturated heterocycles. The third-order valence-electron chi connectivity index (χ3n) is 3.04. The van der Waals surface area contributed by atoms with Crippen LogP contribution in [0.25, 0.3) is 0 Å². The topological polar surface area (TPSA) is 115 Å². The average Bonchev–Trinajstić information content (AvgIpc) is 2.36. The predicted octanol–water partition coefficient (Wildman–Crippen LogP) is -1.79. The maximum Gasteiger partial charge on any atom is 0.325 e. The summed E-state index contributed by atoms with van der Waals surface area (Å²) >= 11 is 0. The number of carbonyl (C=O) groups excluding carboxylic acids is 1. The van der Waals surface area contributed by atoms with Crippen molar-refractivity contribution in [1.29, 1.82) is 0 Å². The molecule has 20 heavy (non-hydrogen) atoms. The van der Waals surface area contributed by atoms with Crippen LogP contribution in [-0.2, 0) is 16.0 Å². The molecule has 2 heterocycles. The first kappa shape index (κ1) is 14.5. The van der Waals surface area contributed by atoms with Crippen LogP contribution in [0.1, 0.15) is 12.6 Å². The number of hydrogen-bond acceptors (Lipinski definition) is 5. The zero-order valence-corrected chi connectivity index (χ0v) is 11.1. The van der Waals surface area contributed by atoms with Gasteiger partial charge >= 0.3 is 5.69 Å². The molecule has 1 aliphatic rings. The molecule has 1 aliphatic heterocycles. The molecule has 2 atom stereocenters. The minimum Gasteiger partial charge on any atom is -0.394 e. The number of rotatable bonds is 3. The molecule has 0 radical (unpaired) electrons. The van der Waals surface area contributed by atoms with Crippen molar-refractivity contribution in [3.8, 4) is 0 Å². The van der Waals surface area contributed by atoms with Crippen molar-refractivity contribution in [2.45, 2.75) is 25.6 Å². The number of aromatic nitrogens is 2. The lowest BCUT2D eigenvalue weighted by Gasteiger charge is -2.36. The van der Waals surface area contributed by atoms with Crippen molar-refractivity contribution >= 4 is 5.91 Å². The van der Waals surface area contributed by atoms with Crippen LogP contribution in [0.15, 0.2) is 15.7 Å². The Morgan fingerprint density at radius 2 is 2.20 bits per heavy atom. The molecule has 1 amide bonds. The molecule has 0 aromatic carbocycles. The van der Waals surface area contributed by atoms with Crippen LogP contribution in [0.5, 0.6) is 0 Å². The molecule has 0 spiro atoms. The van der Waals surface area contributed by atoms with Crippen molar-refractivity contribution in [3.63, 3.8) is 0 Å². The van der Waals surface area contributed by atoms with Crippen LogP contribution in [0, 0.1) is 0 Å². The van der Waals surface area contributed by atoms with Gasteiger partial charge < -0.3 is 19.7 Å². The van der Waals surface area contributed by atoms with Crippen molar-refractivity contribution < 1.29 is 14.6 Å². The van der Waals surface area contributed by atoms with Crippen LogP contribution in [0.2, 0.25) is 0 Å². The average molecular weight is 283 g/mol. The van der Waals surface area contributed by atoms with Gasteiger partial charge in [-0.15, -0.1) is 0 Å². The zero-order chi connectivity index (χ0) is 14.7. The zero-order valence-electron chi connectivity index (χ0n) is 11.1. The standard InChI is InChI=1S/C12H17N3O5/c1-7-4-15(5-9(6-16)20-7)11(18)3-8-2-10(17)14-12(19)13-8/h2,7,9,16H,3-6H2,1H3,(H2,13,14,17,19). The van der Waals surface area contributed by atoms with E-state index in [-0.39, 0.29) is 30.7 Å². The molecule has 2 unspecified atom stereocenters. The van der Waals surface area contributed by atoms with Gasteiger partial charge in [0.15, 0.2) is 0 Å². The largest absolute Gasteiger partial charge is 0.394 e. The highest BCUT2D eigenvalue weighted by atomic mass is 16.5. The van der Waals surface area contributed by atoms with Gasteiger partial charge in [0.2, 0.25) is 5.91 Å². The Hall–Kier alpha value is -1.93. The third kappa shape index (κ3) is 3.55. The Labute approximate surface area is 114 Å². The first-order valence-electron chi connectivity index (χ1n) is 6.34. The SMILES string of the molecule is CC1CN(C(=O)Cc2cc(=O)[nH]c(=O)[nH]2)CC(CO)O1. The fraction of sp³-hybridized carbons (Fsp3) is 0.583. The minimum absolute atomic E-state index is 0.0654. The molecule has 3 N–H and O–H groups in total. The monoisotopic (exact) mass is 283 g/mol. The third-order valence-corrected chi connectivity index (χ3v) is 3.04. The highest BCUT2D eigenvalue weighted by molar-refractivity contribution is 5.78. The quantitative estimate of drug-likeness (QED) is 0.606. The number of nitrogens with zero attached hydrogens (tertiary/aromatic N) is 1. The fourth-order valence-electron chi connectivity index (χ4n) is 2.24. The molecule has 0 saturated carbocycles. The molecule has 2 rings (SSSR count). The number of amides is 1. The lowest BCUT2D eigenvalue weighted by Crippen LogP contribution is -2.50. The molecular formula is C12H17N3O5. The number of carbonyl (C=O) groups is 1. The summed E-state index contributed by atoms with van der Waals surface area (Å²) in [5.74, 6) is -0.222. The summed E-state index contributed by atoms with van der Waals surface area (Å²) in [6, 6.07) is 1.19. The Kier molecular flexibility index (Phi) is 4.35. The van der Waals surface area contributed by atoms with Gasteiger partial charge in [-0.3, -0.25) is 14.6 Å². The first-order valence-corrected chi connectivity index (χ1v) is 6.34. The second kappa shape index (κ2) is 6.02. The number of aromatic amines is 2. The molecule has 8 heteroatoms. The van der Waals surface area contributed by atoms with E-state index in [0.29, 0.717) is 13.1 Å². The van der Waals surface area contributed by atoms with Gasteiger partial charge in [0, 0.05) is 24.8 Å². The summed E-state index contributed by atoms with van der Waals surface area (Å²) in [6.45, 7) is 2.38. The Bertz CT molecular complexity index is 565. The van der Waals surface area contributed by atoms with Gasteiger partial charge in [0.05, 0.1) is 25.2 Å². The van der Waals surface area contributed by atoms with E-state index < -0.39 is 17.4 Å². The molecule has 110 valence electrons. The van der Waals surface area contributed by atoms with Crippen molar-refractivity contribution in [3.05, 3.63) is 32.6 Å². The molecule has 0 aliphatic carbocycles. The van der Waals surface area contributed by atoms with Crippen molar-refractivity contribution in [2.24, 2.45) is 0 Å². The molecule has 1 aromatic heterocycles. The lowest BCUT2D eigenvalue weighted by molar-refractivity contribution is -0.146. The number of nitrogens with one attached hydrogen (secondary N) is 2. The van der Waals surface area contributed by atoms with Gasteiger partial charge in [-0.2, -0.15) is 0 Å². The number of ether oxygens (including phenoxy) is 1. The summed E-state index contributed by atoms with van der Waals surface area (Å²) < 4.78 is 5.45. The van der Waals surface area contributed by atoms with E-state index in [1.54, 1.807) is 4.90 Å². The summed E-state index contributed by atoms with van der Waals surface area (Å²) in [6.07, 6.45) is -0.631. The van der Waals surface area contributed by atoms with Gasteiger partial charge in [-0.1, -0.05) is 0 Å². The van der Waals surface area contributed by atoms with Crippen molar-refractivity contribution in [1.82, 2.24) is 14.9 Å². The number of aliphatic hydroxyl groups is 1. The second-order valence-electron chi connectivity index (χ2n) is 4.84. The maximum atomic E-state index is 12.2. The first-order chi connectivity index (χ1) is 9.47. The summed E-state index contributed by atoms with van der Waals surface area (Å²) in [7, 11) is 0. The maximum absolute atomic E-state index is 12.2. The lowest BCUT2D eigenvalue weighted by atomic mass is 10.2. The van der Waals surface area contributed by atoms with Gasteiger partial charge in [-0.05, 0) is 6.92 Å². The van der Waals surface area contributed by atoms with Gasteiger partial charge in [-0.25, -0.2) is 4.79 Å². The van der Waals surface area contributed by atoms with Crippen LogP contribution >= 0.6 is 0 Å². The van der Waals surface area contributed by atoms with E-state index in [9.17, 15) is 14.4 Å². The smallest absolute Gasteiger partial charge is 0.325 e. The van der Waals surface area contributed by atoms with Gasteiger partial charge in [0.1, 0.15) is 0 Å². The Morgan fingerprint density at radius 1 is 1.45 bits per heavy atom. The summed E-state index contributed by atoms with van der Waals surface area (Å²) in [5, 5.41) is 9.11.